The summed E-state index contributed by atoms with van der Waals surface area (Å²) in [7, 11) is 0. The molecule has 2 N–H and O–H groups in total. The van der Waals surface area contributed by atoms with Crippen LogP contribution in [-0.2, 0) is 9.47 Å². The van der Waals surface area contributed by atoms with Crippen LogP contribution < -0.4 is 20.3 Å². The number of halogens is 1. The fraction of sp³-hybridized carbons (Fsp3) is 0.562. The Morgan fingerprint density at radius 3 is 2.75 bits per heavy atom. The van der Waals surface area contributed by atoms with Gasteiger partial charge >= 0.3 is 6.09 Å². The third kappa shape index (κ3) is 1.81. The van der Waals surface area contributed by atoms with E-state index in [2.05, 4.69) is 0 Å². The predicted molar refractivity (Wildman–Crippen MR) is 83.0 cm³/mol. The first kappa shape index (κ1) is 14.3. The molecule has 8 heteroatoms. The second kappa shape index (κ2) is 4.73. The first-order valence-electron chi connectivity index (χ1n) is 8.09. The van der Waals surface area contributed by atoms with E-state index in [0.717, 1.165) is 26.3 Å². The number of rotatable bonds is 2. The van der Waals surface area contributed by atoms with Crippen molar-refractivity contribution in [3.8, 4) is 5.75 Å². The summed E-state index contributed by atoms with van der Waals surface area (Å²) in [5.41, 5.74) is 6.75. The molecule has 0 radical (unpaired) electrons. The molecule has 1 amide bonds. The van der Waals surface area contributed by atoms with E-state index in [1.165, 1.54) is 11.0 Å². The number of benzene rings is 1. The highest BCUT2D eigenvalue weighted by atomic mass is 19.1. The molecule has 0 unspecified atom stereocenters. The summed E-state index contributed by atoms with van der Waals surface area (Å²) in [6.45, 7) is 3.56. The van der Waals surface area contributed by atoms with Crippen molar-refractivity contribution in [2.24, 2.45) is 11.1 Å². The molecule has 128 valence electrons. The summed E-state index contributed by atoms with van der Waals surface area (Å²) < 4.78 is 30.9. The van der Waals surface area contributed by atoms with Crippen molar-refractivity contribution in [3.05, 3.63) is 17.9 Å². The van der Waals surface area contributed by atoms with Crippen molar-refractivity contribution in [2.75, 3.05) is 49.3 Å². The number of nitrogens with two attached hydrogens (primary N) is 1. The molecular formula is C16H18FN3O4. The molecular weight excluding hydrogens is 317 g/mol. The number of fused-ring (bicyclic) bond motifs is 3. The van der Waals surface area contributed by atoms with Gasteiger partial charge < -0.3 is 24.8 Å². The van der Waals surface area contributed by atoms with E-state index >= 15 is 0 Å². The molecule has 24 heavy (non-hydrogen) atoms. The Hall–Kier alpha value is -2.06. The second-order valence-electron chi connectivity index (χ2n) is 7.03. The smallest absolute Gasteiger partial charge is 0.415 e. The average Bonchev–Trinajstić information content (AvgIpc) is 2.81. The highest BCUT2D eigenvalue weighted by Gasteiger charge is 2.50. The molecule has 1 aromatic carbocycles. The van der Waals surface area contributed by atoms with Crippen molar-refractivity contribution < 1.29 is 23.4 Å². The van der Waals surface area contributed by atoms with Crippen LogP contribution in [0.2, 0.25) is 0 Å². The molecule has 1 aromatic rings. The number of ether oxygens (including phenoxy) is 3. The Morgan fingerprint density at radius 1 is 1.29 bits per heavy atom. The molecule has 4 aliphatic rings. The number of cyclic esters (lactones) is 1. The summed E-state index contributed by atoms with van der Waals surface area (Å²) in [6.07, 6.45) is -0.927. The van der Waals surface area contributed by atoms with E-state index in [1.54, 1.807) is 6.07 Å². The van der Waals surface area contributed by atoms with Gasteiger partial charge in [-0.15, -0.1) is 0 Å². The Balaban J connectivity index is 1.46. The minimum absolute atomic E-state index is 0.196. The largest absolute Gasteiger partial charge is 0.489 e. The quantitative estimate of drug-likeness (QED) is 0.858. The normalized spacial score (nSPS) is 29.3. The minimum Gasteiger partial charge on any atom is -0.489 e. The Kier molecular flexibility index (Phi) is 2.82. The lowest BCUT2D eigenvalue weighted by molar-refractivity contribution is -0.127. The van der Waals surface area contributed by atoms with Crippen LogP contribution in [0.4, 0.5) is 20.6 Å². The molecule has 0 bridgehead atoms. The van der Waals surface area contributed by atoms with Crippen LogP contribution in [-0.4, -0.2) is 57.7 Å². The van der Waals surface area contributed by atoms with Gasteiger partial charge in [0.05, 0.1) is 30.0 Å². The molecule has 0 aliphatic carbocycles. The molecule has 0 aromatic heterocycles. The third-order valence-electron chi connectivity index (χ3n) is 5.35. The fourth-order valence-electron chi connectivity index (χ4n) is 3.99. The van der Waals surface area contributed by atoms with E-state index in [1.807, 2.05) is 4.90 Å². The number of hydrogen-bond donors (Lipinski definition) is 1. The predicted octanol–water partition coefficient (Wildman–Crippen LogP) is 0.707. The van der Waals surface area contributed by atoms with Gasteiger partial charge in [0, 0.05) is 31.8 Å². The highest BCUT2D eigenvalue weighted by Crippen LogP contribution is 2.46. The van der Waals surface area contributed by atoms with Crippen LogP contribution in [0.25, 0.3) is 0 Å². The van der Waals surface area contributed by atoms with Crippen molar-refractivity contribution in [3.63, 3.8) is 0 Å². The summed E-state index contributed by atoms with van der Waals surface area (Å²) >= 11 is 0. The topological polar surface area (TPSA) is 77.3 Å². The first-order chi connectivity index (χ1) is 11.6. The zero-order valence-corrected chi connectivity index (χ0v) is 13.0. The molecule has 4 heterocycles. The SMILES string of the molecule is NC[C@@H]1OC(=O)N2c3cc(F)c(N4CC5(COC5)C4)cc3OC[C@@H]12. The van der Waals surface area contributed by atoms with E-state index < -0.39 is 12.2 Å². The van der Waals surface area contributed by atoms with Gasteiger partial charge in [-0.1, -0.05) is 0 Å². The summed E-state index contributed by atoms with van der Waals surface area (Å²) in [4.78, 5) is 15.6. The molecule has 1 spiro atoms. The maximum Gasteiger partial charge on any atom is 0.415 e. The summed E-state index contributed by atoms with van der Waals surface area (Å²) in [5, 5.41) is 0. The van der Waals surface area contributed by atoms with Crippen molar-refractivity contribution in [2.45, 2.75) is 12.1 Å². The summed E-state index contributed by atoms with van der Waals surface area (Å²) in [6, 6.07) is 2.73. The monoisotopic (exact) mass is 335 g/mol. The van der Waals surface area contributed by atoms with Crippen LogP contribution in [0.1, 0.15) is 0 Å². The van der Waals surface area contributed by atoms with Gasteiger partial charge in [0.2, 0.25) is 0 Å². The number of nitrogens with zero attached hydrogens (tertiary/aromatic N) is 2. The van der Waals surface area contributed by atoms with Crippen molar-refractivity contribution in [1.82, 2.24) is 0 Å². The van der Waals surface area contributed by atoms with Gasteiger partial charge in [0.1, 0.15) is 30.3 Å². The average molecular weight is 335 g/mol. The van der Waals surface area contributed by atoms with E-state index in [-0.39, 0.29) is 23.8 Å². The lowest BCUT2D eigenvalue weighted by Gasteiger charge is -2.56. The van der Waals surface area contributed by atoms with Crippen LogP contribution in [0.3, 0.4) is 0 Å². The van der Waals surface area contributed by atoms with Crippen LogP contribution in [0, 0.1) is 11.2 Å². The van der Waals surface area contributed by atoms with E-state index in [9.17, 15) is 9.18 Å². The molecule has 0 saturated carbocycles. The number of carbonyl (C=O) groups excluding carboxylic acids is 1. The lowest BCUT2D eigenvalue weighted by atomic mass is 9.77. The maximum absolute atomic E-state index is 14.7. The molecule has 4 aliphatic heterocycles. The molecule has 3 saturated heterocycles. The van der Waals surface area contributed by atoms with Gasteiger partial charge in [0.25, 0.3) is 0 Å². The second-order valence-corrected chi connectivity index (χ2v) is 7.03. The van der Waals surface area contributed by atoms with Crippen molar-refractivity contribution in [1.29, 1.82) is 0 Å². The first-order valence-corrected chi connectivity index (χ1v) is 8.09. The van der Waals surface area contributed by atoms with E-state index in [4.69, 9.17) is 19.9 Å². The number of hydrogen-bond acceptors (Lipinski definition) is 6. The fourth-order valence-corrected chi connectivity index (χ4v) is 3.99. The number of anilines is 2. The molecule has 7 nitrogen and oxygen atoms in total. The van der Waals surface area contributed by atoms with Gasteiger partial charge in [-0.25, -0.2) is 9.18 Å². The molecule has 2 atom stereocenters. The van der Waals surface area contributed by atoms with Gasteiger partial charge in [0.15, 0.2) is 0 Å². The number of amides is 1. The van der Waals surface area contributed by atoms with Crippen LogP contribution in [0.15, 0.2) is 12.1 Å². The van der Waals surface area contributed by atoms with Crippen LogP contribution >= 0.6 is 0 Å². The van der Waals surface area contributed by atoms with Crippen molar-refractivity contribution >= 4 is 17.5 Å². The maximum atomic E-state index is 14.7. The standard InChI is InChI=1S/C16H18FN3O4/c17-9-1-11-13(2-10(9)19-5-16(6-19)7-22-8-16)23-4-12-14(3-18)24-15(21)20(11)12/h1-2,12,14H,3-8,18H2/t12-,14-/m0/s1. The highest BCUT2D eigenvalue weighted by molar-refractivity contribution is 5.94. The van der Waals surface area contributed by atoms with Crippen LogP contribution in [0.5, 0.6) is 5.75 Å². The summed E-state index contributed by atoms with van der Waals surface area (Å²) in [5.74, 6) is 0.139. The minimum atomic E-state index is -0.498. The van der Waals surface area contributed by atoms with Gasteiger partial charge in [-0.2, -0.15) is 0 Å². The van der Waals surface area contributed by atoms with Gasteiger partial charge in [-0.3, -0.25) is 4.90 Å². The third-order valence-corrected chi connectivity index (χ3v) is 5.35. The Labute approximate surface area is 138 Å². The Morgan fingerprint density at radius 2 is 2.08 bits per heavy atom. The van der Waals surface area contributed by atoms with E-state index in [0.29, 0.717) is 23.7 Å². The molecule has 3 fully saturated rings. The lowest BCUT2D eigenvalue weighted by Crippen LogP contribution is -2.66. The zero-order valence-electron chi connectivity index (χ0n) is 13.0. The van der Waals surface area contributed by atoms with Gasteiger partial charge in [-0.05, 0) is 0 Å². The molecule has 5 rings (SSSR count). The zero-order chi connectivity index (χ0) is 16.5. The number of carbonyl (C=O) groups is 1. The Bertz CT molecular complexity index is 716.